The maximum Gasteiger partial charge on any atom is -0.0351 e. The molecule has 0 aromatic rings. The average molecular weight is 280 g/mol. The molecule has 0 aromatic carbocycles. The third-order valence-electron chi connectivity index (χ3n) is 4.02. The van der Waals surface area contributed by atoms with Crippen LogP contribution in [0.25, 0.3) is 0 Å². The first-order valence-corrected chi connectivity index (χ1v) is 9.36. The molecule has 0 unspecified atom stereocenters. The van der Waals surface area contributed by atoms with Gasteiger partial charge in [-0.05, 0) is 19.3 Å². The first kappa shape index (κ1) is 19.7. The van der Waals surface area contributed by atoms with Crippen molar-refractivity contribution in [2.24, 2.45) is 0 Å². The SMILES string of the molecule is [CH2]CCCCCCCCCCCCCCC/C=C/CC. The van der Waals surface area contributed by atoms with Gasteiger partial charge in [-0.1, -0.05) is 109 Å². The Labute approximate surface area is 129 Å². The summed E-state index contributed by atoms with van der Waals surface area (Å²) >= 11 is 0. The Balaban J connectivity index is 2.94. The second-order valence-electron chi connectivity index (χ2n) is 6.12. The van der Waals surface area contributed by atoms with Crippen LogP contribution in [0.4, 0.5) is 0 Å². The lowest BCUT2D eigenvalue weighted by molar-refractivity contribution is 0.537. The van der Waals surface area contributed by atoms with Gasteiger partial charge in [0.15, 0.2) is 0 Å². The van der Waals surface area contributed by atoms with Crippen molar-refractivity contribution in [3.05, 3.63) is 19.1 Å². The molecule has 20 heavy (non-hydrogen) atoms. The van der Waals surface area contributed by atoms with Crippen molar-refractivity contribution in [1.29, 1.82) is 0 Å². The summed E-state index contributed by atoms with van der Waals surface area (Å²) in [4.78, 5) is 0. The van der Waals surface area contributed by atoms with E-state index in [1.807, 2.05) is 0 Å². The Morgan fingerprint density at radius 2 is 0.950 bits per heavy atom. The van der Waals surface area contributed by atoms with Gasteiger partial charge in [0.25, 0.3) is 0 Å². The molecular weight excluding hydrogens is 240 g/mol. The van der Waals surface area contributed by atoms with Gasteiger partial charge in [-0.15, -0.1) is 0 Å². The fourth-order valence-electron chi connectivity index (χ4n) is 2.67. The minimum Gasteiger partial charge on any atom is -0.0888 e. The van der Waals surface area contributed by atoms with E-state index in [0.29, 0.717) is 0 Å². The van der Waals surface area contributed by atoms with Crippen molar-refractivity contribution in [1.82, 2.24) is 0 Å². The molecule has 0 bridgehead atoms. The molecule has 0 amide bonds. The van der Waals surface area contributed by atoms with Gasteiger partial charge in [-0.3, -0.25) is 0 Å². The predicted octanol–water partition coefficient (Wildman–Crippen LogP) is 7.64. The van der Waals surface area contributed by atoms with E-state index in [1.165, 1.54) is 96.3 Å². The minimum atomic E-state index is 1.12. The van der Waals surface area contributed by atoms with E-state index in [4.69, 9.17) is 0 Å². The number of allylic oxidation sites excluding steroid dienone is 2. The maximum atomic E-state index is 3.89. The fraction of sp³-hybridized carbons (Fsp3) is 0.850. The molecule has 0 saturated heterocycles. The van der Waals surface area contributed by atoms with Gasteiger partial charge in [0.1, 0.15) is 0 Å². The molecule has 0 heteroatoms. The topological polar surface area (TPSA) is 0 Å². The van der Waals surface area contributed by atoms with Crippen LogP contribution >= 0.6 is 0 Å². The van der Waals surface area contributed by atoms with Gasteiger partial charge in [0, 0.05) is 0 Å². The molecule has 0 aliphatic rings. The van der Waals surface area contributed by atoms with Crippen molar-refractivity contribution in [2.75, 3.05) is 0 Å². The lowest BCUT2D eigenvalue weighted by Gasteiger charge is -2.02. The summed E-state index contributed by atoms with van der Waals surface area (Å²) < 4.78 is 0. The quantitative estimate of drug-likeness (QED) is 0.201. The van der Waals surface area contributed by atoms with E-state index in [-0.39, 0.29) is 0 Å². The standard InChI is InChI=1S/C20H39/c1-3-5-7-9-11-13-15-17-19-20-18-16-14-12-10-8-6-4-2/h6,8H,1,3-5,7,9-20H2,2H3/b8-6+. The monoisotopic (exact) mass is 279 g/mol. The highest BCUT2D eigenvalue weighted by Crippen LogP contribution is 2.13. The van der Waals surface area contributed by atoms with Crippen molar-refractivity contribution in [3.8, 4) is 0 Å². The highest BCUT2D eigenvalue weighted by Gasteiger charge is 1.93. The lowest BCUT2D eigenvalue weighted by Crippen LogP contribution is -1.83. The molecule has 0 saturated carbocycles. The van der Waals surface area contributed by atoms with Gasteiger partial charge in [0.2, 0.25) is 0 Å². The largest absolute Gasteiger partial charge is 0.0888 e. The molecule has 0 atom stereocenters. The Kier molecular flexibility index (Phi) is 18.5. The van der Waals surface area contributed by atoms with Gasteiger partial charge < -0.3 is 0 Å². The van der Waals surface area contributed by atoms with Crippen molar-refractivity contribution < 1.29 is 0 Å². The zero-order valence-electron chi connectivity index (χ0n) is 14.2. The maximum absolute atomic E-state index is 3.89. The molecule has 0 rings (SSSR count). The summed E-state index contributed by atoms with van der Waals surface area (Å²) in [6.45, 7) is 6.10. The average Bonchev–Trinajstić information content (AvgIpc) is 2.47. The smallest absolute Gasteiger partial charge is 0.0351 e. The molecule has 0 heterocycles. The van der Waals surface area contributed by atoms with Crippen LogP contribution in [0, 0.1) is 6.92 Å². The summed E-state index contributed by atoms with van der Waals surface area (Å²) in [6.07, 6.45) is 26.9. The highest BCUT2D eigenvalue weighted by atomic mass is 14.0. The third-order valence-corrected chi connectivity index (χ3v) is 4.02. The second-order valence-corrected chi connectivity index (χ2v) is 6.12. The molecule has 0 N–H and O–H groups in total. The molecule has 0 aliphatic carbocycles. The van der Waals surface area contributed by atoms with Crippen LogP contribution in [0.5, 0.6) is 0 Å². The van der Waals surface area contributed by atoms with E-state index >= 15 is 0 Å². The second kappa shape index (κ2) is 18.7. The third kappa shape index (κ3) is 17.7. The van der Waals surface area contributed by atoms with Crippen LogP contribution in [-0.4, -0.2) is 0 Å². The first-order valence-electron chi connectivity index (χ1n) is 9.36. The van der Waals surface area contributed by atoms with Crippen LogP contribution < -0.4 is 0 Å². The van der Waals surface area contributed by atoms with Gasteiger partial charge >= 0.3 is 0 Å². The summed E-state index contributed by atoms with van der Waals surface area (Å²) in [7, 11) is 0. The van der Waals surface area contributed by atoms with Crippen LogP contribution in [0.15, 0.2) is 12.2 Å². The summed E-state index contributed by atoms with van der Waals surface area (Å²) in [5.74, 6) is 0. The molecule has 0 spiro atoms. The molecule has 0 fully saturated rings. The predicted molar refractivity (Wildman–Crippen MR) is 94.0 cm³/mol. The Bertz CT molecular complexity index is 180. The molecule has 0 aromatic heterocycles. The van der Waals surface area contributed by atoms with E-state index in [1.54, 1.807) is 0 Å². The number of hydrogen-bond donors (Lipinski definition) is 0. The summed E-state index contributed by atoms with van der Waals surface area (Å²) in [5.41, 5.74) is 0. The van der Waals surface area contributed by atoms with Crippen LogP contribution in [0.1, 0.15) is 110 Å². The van der Waals surface area contributed by atoms with Gasteiger partial charge in [-0.2, -0.15) is 0 Å². The van der Waals surface area contributed by atoms with Crippen LogP contribution in [0.2, 0.25) is 0 Å². The van der Waals surface area contributed by atoms with E-state index in [9.17, 15) is 0 Å². The van der Waals surface area contributed by atoms with Crippen LogP contribution in [-0.2, 0) is 0 Å². The lowest BCUT2D eigenvalue weighted by atomic mass is 10.0. The van der Waals surface area contributed by atoms with E-state index in [0.717, 1.165) is 6.42 Å². The Hall–Kier alpha value is -0.260. The van der Waals surface area contributed by atoms with Crippen molar-refractivity contribution in [2.45, 2.75) is 110 Å². The molecular formula is C20H39. The Morgan fingerprint density at radius 3 is 1.35 bits per heavy atom. The van der Waals surface area contributed by atoms with Gasteiger partial charge in [0.05, 0.1) is 0 Å². The molecule has 0 nitrogen and oxygen atoms in total. The number of rotatable bonds is 16. The van der Waals surface area contributed by atoms with Gasteiger partial charge in [-0.25, -0.2) is 0 Å². The molecule has 1 radical (unpaired) electrons. The van der Waals surface area contributed by atoms with E-state index < -0.39 is 0 Å². The summed E-state index contributed by atoms with van der Waals surface area (Å²) in [6, 6.07) is 0. The fourth-order valence-corrected chi connectivity index (χ4v) is 2.67. The Morgan fingerprint density at radius 1 is 0.550 bits per heavy atom. The van der Waals surface area contributed by atoms with Crippen molar-refractivity contribution >= 4 is 0 Å². The van der Waals surface area contributed by atoms with E-state index in [2.05, 4.69) is 26.0 Å². The zero-order valence-corrected chi connectivity index (χ0v) is 14.2. The number of unbranched alkanes of at least 4 members (excludes halogenated alkanes) is 14. The number of hydrogen-bond acceptors (Lipinski definition) is 0. The normalized spacial score (nSPS) is 11.5. The first-order chi connectivity index (χ1) is 9.91. The van der Waals surface area contributed by atoms with Crippen molar-refractivity contribution in [3.63, 3.8) is 0 Å². The molecule has 0 aliphatic heterocycles. The zero-order chi connectivity index (χ0) is 14.7. The molecule has 119 valence electrons. The van der Waals surface area contributed by atoms with Crippen LogP contribution in [0.3, 0.4) is 0 Å². The summed E-state index contributed by atoms with van der Waals surface area (Å²) in [5, 5.41) is 0. The minimum absolute atomic E-state index is 1.12. The highest BCUT2D eigenvalue weighted by molar-refractivity contribution is 4.79.